The van der Waals surface area contributed by atoms with Gasteiger partial charge in [-0.05, 0) is 54.1 Å². The zero-order chi connectivity index (χ0) is 20.6. The molecule has 0 atom stereocenters. The maximum atomic E-state index is 12.9. The minimum atomic E-state index is -0.689. The van der Waals surface area contributed by atoms with Gasteiger partial charge >= 0.3 is 5.97 Å². The standard InChI is InChI=1S/C22H17ClFNO4/c23-16-7-5-15(6-8-16)13-28-20-4-2-1-3-19(20)22(27)29-14-21(26)25-18-11-9-17(24)10-12-18/h1-12H,13-14H2,(H,25,26). The number of nitrogens with one attached hydrogen (secondary N) is 1. The molecule has 0 heterocycles. The highest BCUT2D eigenvalue weighted by molar-refractivity contribution is 6.30. The summed E-state index contributed by atoms with van der Waals surface area (Å²) in [5.74, 6) is -1.30. The van der Waals surface area contributed by atoms with Crippen molar-refractivity contribution in [2.24, 2.45) is 0 Å². The maximum Gasteiger partial charge on any atom is 0.342 e. The highest BCUT2D eigenvalue weighted by atomic mass is 35.5. The molecule has 29 heavy (non-hydrogen) atoms. The number of rotatable bonds is 7. The van der Waals surface area contributed by atoms with Crippen LogP contribution in [0.25, 0.3) is 0 Å². The van der Waals surface area contributed by atoms with Crippen LogP contribution in [-0.4, -0.2) is 18.5 Å². The molecule has 0 saturated heterocycles. The molecule has 3 rings (SSSR count). The van der Waals surface area contributed by atoms with Crippen molar-refractivity contribution >= 4 is 29.2 Å². The Hall–Kier alpha value is -3.38. The monoisotopic (exact) mass is 413 g/mol. The number of esters is 1. The van der Waals surface area contributed by atoms with Crippen LogP contribution in [-0.2, 0) is 16.1 Å². The van der Waals surface area contributed by atoms with Crippen LogP contribution in [0.1, 0.15) is 15.9 Å². The largest absolute Gasteiger partial charge is 0.488 e. The number of hydrogen-bond donors (Lipinski definition) is 1. The summed E-state index contributed by atoms with van der Waals surface area (Å²) < 4.78 is 23.7. The van der Waals surface area contributed by atoms with Crippen LogP contribution < -0.4 is 10.1 Å². The number of para-hydroxylation sites is 1. The molecule has 5 nitrogen and oxygen atoms in total. The first-order valence-corrected chi connectivity index (χ1v) is 9.08. The zero-order valence-corrected chi connectivity index (χ0v) is 16.0. The Bertz CT molecular complexity index is 990. The van der Waals surface area contributed by atoms with E-state index in [2.05, 4.69) is 5.32 Å². The van der Waals surface area contributed by atoms with Crippen molar-refractivity contribution in [3.8, 4) is 5.75 Å². The van der Waals surface area contributed by atoms with E-state index >= 15 is 0 Å². The van der Waals surface area contributed by atoms with E-state index in [1.54, 1.807) is 36.4 Å². The van der Waals surface area contributed by atoms with Crippen molar-refractivity contribution < 1.29 is 23.5 Å². The van der Waals surface area contributed by atoms with E-state index in [4.69, 9.17) is 21.1 Å². The number of carbonyl (C=O) groups excluding carboxylic acids is 2. The van der Waals surface area contributed by atoms with E-state index in [0.717, 1.165) is 5.56 Å². The quantitative estimate of drug-likeness (QED) is 0.562. The van der Waals surface area contributed by atoms with Gasteiger partial charge in [-0.2, -0.15) is 0 Å². The Balaban J connectivity index is 1.56. The van der Waals surface area contributed by atoms with Gasteiger partial charge in [0.05, 0.1) is 0 Å². The lowest BCUT2D eigenvalue weighted by Crippen LogP contribution is -2.21. The molecule has 7 heteroatoms. The van der Waals surface area contributed by atoms with Gasteiger partial charge in [-0.15, -0.1) is 0 Å². The Labute approximate surface area is 172 Å². The maximum absolute atomic E-state index is 12.9. The molecule has 0 fully saturated rings. The normalized spacial score (nSPS) is 10.3. The molecule has 1 amide bonds. The highest BCUT2D eigenvalue weighted by Crippen LogP contribution is 2.21. The second-order valence-electron chi connectivity index (χ2n) is 6.04. The molecular weight excluding hydrogens is 397 g/mol. The summed E-state index contributed by atoms with van der Waals surface area (Å²) in [4.78, 5) is 24.3. The van der Waals surface area contributed by atoms with Crippen LogP contribution in [0.4, 0.5) is 10.1 Å². The number of halogens is 2. The summed E-state index contributed by atoms with van der Waals surface area (Å²) in [7, 11) is 0. The minimum absolute atomic E-state index is 0.205. The molecule has 0 unspecified atom stereocenters. The fraction of sp³-hybridized carbons (Fsp3) is 0.0909. The van der Waals surface area contributed by atoms with Crippen molar-refractivity contribution in [3.05, 3.63) is 94.8 Å². The SMILES string of the molecule is O=C(COC(=O)c1ccccc1OCc1ccc(Cl)cc1)Nc1ccc(F)cc1. The molecule has 3 aromatic carbocycles. The molecule has 1 N–H and O–H groups in total. The summed E-state index contributed by atoms with van der Waals surface area (Å²) in [5, 5.41) is 3.14. The predicted molar refractivity (Wildman–Crippen MR) is 108 cm³/mol. The van der Waals surface area contributed by atoms with Gasteiger partial charge in [0, 0.05) is 10.7 Å². The van der Waals surface area contributed by atoms with Gasteiger partial charge in [-0.25, -0.2) is 9.18 Å². The van der Waals surface area contributed by atoms with Gasteiger partial charge in [-0.1, -0.05) is 35.9 Å². The van der Waals surface area contributed by atoms with E-state index < -0.39 is 24.3 Å². The summed E-state index contributed by atoms with van der Waals surface area (Å²) in [6, 6.07) is 19.0. The zero-order valence-electron chi connectivity index (χ0n) is 15.2. The van der Waals surface area contributed by atoms with E-state index in [1.807, 2.05) is 12.1 Å². The third-order valence-electron chi connectivity index (χ3n) is 3.88. The molecular formula is C22H17ClFNO4. The van der Waals surface area contributed by atoms with Gasteiger partial charge < -0.3 is 14.8 Å². The third-order valence-corrected chi connectivity index (χ3v) is 4.13. The lowest BCUT2D eigenvalue weighted by molar-refractivity contribution is -0.119. The second kappa shape index (κ2) is 9.71. The van der Waals surface area contributed by atoms with E-state index in [-0.39, 0.29) is 12.2 Å². The molecule has 0 aliphatic carbocycles. The van der Waals surface area contributed by atoms with Crippen molar-refractivity contribution in [2.45, 2.75) is 6.61 Å². The predicted octanol–water partition coefficient (Wildman–Crippen LogP) is 4.85. The number of ether oxygens (including phenoxy) is 2. The number of benzene rings is 3. The van der Waals surface area contributed by atoms with Crippen molar-refractivity contribution in [1.82, 2.24) is 0 Å². The van der Waals surface area contributed by atoms with Gasteiger partial charge in [-0.3, -0.25) is 4.79 Å². The minimum Gasteiger partial charge on any atom is -0.488 e. The molecule has 0 aliphatic rings. The van der Waals surface area contributed by atoms with Crippen LogP contribution in [0.5, 0.6) is 5.75 Å². The first kappa shape index (κ1) is 20.4. The van der Waals surface area contributed by atoms with Gasteiger partial charge in [0.25, 0.3) is 5.91 Å². The molecule has 0 radical (unpaired) electrons. The first-order chi connectivity index (χ1) is 14.0. The smallest absolute Gasteiger partial charge is 0.342 e. The van der Waals surface area contributed by atoms with Gasteiger partial charge in [0.15, 0.2) is 6.61 Å². The fourth-order valence-corrected chi connectivity index (χ4v) is 2.57. The van der Waals surface area contributed by atoms with E-state index in [1.165, 1.54) is 24.3 Å². The Morgan fingerprint density at radius 1 is 0.931 bits per heavy atom. The van der Waals surface area contributed by atoms with Crippen LogP contribution in [0.3, 0.4) is 0 Å². The van der Waals surface area contributed by atoms with Gasteiger partial charge in [0.1, 0.15) is 23.7 Å². The van der Waals surface area contributed by atoms with Gasteiger partial charge in [0.2, 0.25) is 0 Å². The number of amides is 1. The van der Waals surface area contributed by atoms with E-state index in [0.29, 0.717) is 16.5 Å². The van der Waals surface area contributed by atoms with Crippen molar-refractivity contribution in [1.29, 1.82) is 0 Å². The highest BCUT2D eigenvalue weighted by Gasteiger charge is 2.15. The third kappa shape index (κ3) is 6.05. The Morgan fingerprint density at radius 3 is 2.34 bits per heavy atom. The molecule has 0 saturated carbocycles. The molecule has 0 spiro atoms. The summed E-state index contributed by atoms with van der Waals surface area (Å²) in [6.45, 7) is -0.242. The number of hydrogen-bond acceptors (Lipinski definition) is 4. The van der Waals surface area contributed by atoms with Crippen LogP contribution in [0, 0.1) is 5.82 Å². The number of carbonyl (C=O) groups is 2. The molecule has 148 valence electrons. The Morgan fingerprint density at radius 2 is 1.62 bits per heavy atom. The van der Waals surface area contributed by atoms with Crippen molar-refractivity contribution in [3.63, 3.8) is 0 Å². The van der Waals surface area contributed by atoms with Crippen molar-refractivity contribution in [2.75, 3.05) is 11.9 Å². The lowest BCUT2D eigenvalue weighted by Gasteiger charge is -2.11. The first-order valence-electron chi connectivity index (χ1n) is 8.70. The number of anilines is 1. The molecule has 0 bridgehead atoms. The average Bonchev–Trinajstić information content (AvgIpc) is 2.73. The van der Waals surface area contributed by atoms with E-state index in [9.17, 15) is 14.0 Å². The summed E-state index contributed by atoms with van der Waals surface area (Å²) >= 11 is 5.86. The summed E-state index contributed by atoms with van der Waals surface area (Å²) in [6.07, 6.45) is 0. The van der Waals surface area contributed by atoms with Crippen LogP contribution >= 0.6 is 11.6 Å². The average molecular weight is 414 g/mol. The molecule has 0 aromatic heterocycles. The van der Waals surface area contributed by atoms with Crippen LogP contribution in [0.15, 0.2) is 72.8 Å². The lowest BCUT2D eigenvalue weighted by atomic mass is 10.2. The second-order valence-corrected chi connectivity index (χ2v) is 6.48. The fourth-order valence-electron chi connectivity index (χ4n) is 2.44. The molecule has 0 aliphatic heterocycles. The Kier molecular flexibility index (Phi) is 6.81. The van der Waals surface area contributed by atoms with Crippen LogP contribution in [0.2, 0.25) is 5.02 Å². The molecule has 3 aromatic rings. The summed E-state index contributed by atoms with van der Waals surface area (Å²) in [5.41, 5.74) is 1.49. The topological polar surface area (TPSA) is 64.6 Å².